The van der Waals surface area contributed by atoms with E-state index in [1.807, 2.05) is 30.3 Å². The molecule has 94 valence electrons. The van der Waals surface area contributed by atoms with Crippen molar-refractivity contribution in [2.24, 2.45) is 0 Å². The first-order valence-corrected chi connectivity index (χ1v) is 5.89. The minimum Gasteiger partial charge on any atom is -0.399 e. The zero-order valence-corrected chi connectivity index (χ0v) is 10.1. The Labute approximate surface area is 109 Å². The number of nitrogens with two attached hydrogens (primary N) is 1. The van der Waals surface area contributed by atoms with Gasteiger partial charge >= 0.3 is 0 Å². The zero-order chi connectivity index (χ0) is 13.2. The first-order chi connectivity index (χ1) is 9.22. The second-order valence-corrected chi connectivity index (χ2v) is 4.27. The maximum absolute atomic E-state index is 13.2. The van der Waals surface area contributed by atoms with Crippen molar-refractivity contribution in [3.8, 4) is 0 Å². The van der Waals surface area contributed by atoms with Crippen molar-refractivity contribution >= 4 is 28.0 Å². The van der Waals surface area contributed by atoms with Crippen LogP contribution in [0.1, 0.15) is 0 Å². The first kappa shape index (κ1) is 11.5. The Kier molecular flexibility index (Phi) is 2.76. The molecule has 1 heterocycles. The fraction of sp³-hybridized carbons (Fsp3) is 0. The molecule has 3 N–H and O–H groups in total. The van der Waals surface area contributed by atoms with E-state index in [0.717, 1.165) is 16.6 Å². The molecule has 0 radical (unpaired) electrons. The first-order valence-electron chi connectivity index (χ1n) is 5.89. The fourth-order valence-electron chi connectivity index (χ4n) is 2.00. The van der Waals surface area contributed by atoms with Crippen LogP contribution in [0.25, 0.3) is 10.9 Å². The van der Waals surface area contributed by atoms with Gasteiger partial charge in [0.15, 0.2) is 0 Å². The number of hydrogen-bond donors (Lipinski definition) is 2. The summed E-state index contributed by atoms with van der Waals surface area (Å²) in [4.78, 5) is 4.27. The van der Waals surface area contributed by atoms with E-state index in [1.165, 1.54) is 12.1 Å². The molecule has 0 saturated carbocycles. The summed E-state index contributed by atoms with van der Waals surface area (Å²) in [6.07, 6.45) is 1.70. The molecule has 4 heteroatoms. The van der Waals surface area contributed by atoms with Gasteiger partial charge in [0.1, 0.15) is 5.82 Å². The van der Waals surface area contributed by atoms with Gasteiger partial charge < -0.3 is 11.1 Å². The summed E-state index contributed by atoms with van der Waals surface area (Å²) < 4.78 is 13.2. The molecule has 0 atom stereocenters. The van der Waals surface area contributed by atoms with E-state index < -0.39 is 0 Å². The number of aromatic nitrogens is 1. The topological polar surface area (TPSA) is 50.9 Å². The van der Waals surface area contributed by atoms with Crippen molar-refractivity contribution in [2.75, 3.05) is 11.1 Å². The predicted molar refractivity (Wildman–Crippen MR) is 75.8 cm³/mol. The molecule has 0 saturated heterocycles. The molecule has 19 heavy (non-hydrogen) atoms. The van der Waals surface area contributed by atoms with E-state index in [-0.39, 0.29) is 5.82 Å². The molecule has 0 aliphatic rings. The molecule has 0 spiro atoms. The number of nitrogens with one attached hydrogen (secondary N) is 1. The van der Waals surface area contributed by atoms with Crippen molar-refractivity contribution in [3.63, 3.8) is 0 Å². The lowest BCUT2D eigenvalue weighted by molar-refractivity contribution is 0.628. The molecule has 0 bridgehead atoms. The van der Waals surface area contributed by atoms with E-state index in [1.54, 1.807) is 12.3 Å². The molecule has 0 unspecified atom stereocenters. The van der Waals surface area contributed by atoms with Crippen molar-refractivity contribution in [1.82, 2.24) is 4.98 Å². The molecule has 3 aromatic rings. The number of nitrogens with zero attached hydrogens (tertiary/aromatic N) is 1. The smallest absolute Gasteiger partial charge is 0.125 e. The Morgan fingerprint density at radius 2 is 1.95 bits per heavy atom. The fourth-order valence-corrected chi connectivity index (χ4v) is 2.00. The summed E-state index contributed by atoms with van der Waals surface area (Å²) >= 11 is 0. The van der Waals surface area contributed by atoms with E-state index in [0.29, 0.717) is 11.4 Å². The van der Waals surface area contributed by atoms with Crippen LogP contribution in [0.2, 0.25) is 0 Å². The average Bonchev–Trinajstić information content (AvgIpc) is 2.38. The predicted octanol–water partition coefficient (Wildman–Crippen LogP) is 3.70. The van der Waals surface area contributed by atoms with Gasteiger partial charge in [-0.25, -0.2) is 4.39 Å². The number of halogens is 1. The van der Waals surface area contributed by atoms with Crippen LogP contribution in [0, 0.1) is 5.82 Å². The van der Waals surface area contributed by atoms with Crippen LogP contribution in [0.3, 0.4) is 0 Å². The molecule has 2 aromatic carbocycles. The van der Waals surface area contributed by atoms with E-state index >= 15 is 0 Å². The van der Waals surface area contributed by atoms with Crippen LogP contribution >= 0.6 is 0 Å². The maximum Gasteiger partial charge on any atom is 0.125 e. The second-order valence-electron chi connectivity index (χ2n) is 4.27. The van der Waals surface area contributed by atoms with Crippen LogP contribution < -0.4 is 11.1 Å². The number of pyridine rings is 1. The molecular weight excluding hydrogens is 241 g/mol. The highest BCUT2D eigenvalue weighted by Crippen LogP contribution is 2.26. The van der Waals surface area contributed by atoms with E-state index in [4.69, 9.17) is 5.73 Å². The van der Waals surface area contributed by atoms with Gasteiger partial charge in [-0.1, -0.05) is 6.07 Å². The number of nitrogen functional groups attached to an aromatic ring is 1. The Bertz CT molecular complexity index is 740. The van der Waals surface area contributed by atoms with Gasteiger partial charge in [0, 0.05) is 28.6 Å². The maximum atomic E-state index is 13.2. The molecule has 0 aliphatic carbocycles. The van der Waals surface area contributed by atoms with E-state index in [2.05, 4.69) is 10.3 Å². The quantitative estimate of drug-likeness (QED) is 0.685. The number of rotatable bonds is 2. The third kappa shape index (κ3) is 2.33. The van der Waals surface area contributed by atoms with Crippen molar-refractivity contribution < 1.29 is 4.39 Å². The zero-order valence-electron chi connectivity index (χ0n) is 10.1. The van der Waals surface area contributed by atoms with Gasteiger partial charge in [-0.15, -0.1) is 0 Å². The number of fused-ring (bicyclic) bond motifs is 1. The molecule has 0 amide bonds. The summed E-state index contributed by atoms with van der Waals surface area (Å²) in [5.41, 5.74) is 8.78. The number of hydrogen-bond acceptors (Lipinski definition) is 3. The van der Waals surface area contributed by atoms with Crippen molar-refractivity contribution in [2.45, 2.75) is 0 Å². The molecular formula is C15H12FN3. The van der Waals surface area contributed by atoms with E-state index in [9.17, 15) is 4.39 Å². The van der Waals surface area contributed by atoms with Gasteiger partial charge in [-0.3, -0.25) is 4.98 Å². The SMILES string of the molecule is Nc1ccc2c(Nc3cccc(F)c3)ccnc2c1. The van der Waals surface area contributed by atoms with Gasteiger partial charge in [0.05, 0.1) is 5.52 Å². The third-order valence-electron chi connectivity index (χ3n) is 2.87. The summed E-state index contributed by atoms with van der Waals surface area (Å²) in [5, 5.41) is 4.13. The van der Waals surface area contributed by atoms with Crippen LogP contribution in [0.15, 0.2) is 54.7 Å². The van der Waals surface area contributed by atoms with Crippen molar-refractivity contribution in [1.29, 1.82) is 0 Å². The Morgan fingerprint density at radius 1 is 1.05 bits per heavy atom. The molecule has 0 fully saturated rings. The summed E-state index contributed by atoms with van der Waals surface area (Å²) in [6, 6.07) is 13.7. The van der Waals surface area contributed by atoms with Gasteiger partial charge in [0.2, 0.25) is 0 Å². The number of anilines is 3. The van der Waals surface area contributed by atoms with Crippen LogP contribution in [0.5, 0.6) is 0 Å². The molecule has 0 aliphatic heterocycles. The minimum absolute atomic E-state index is 0.271. The third-order valence-corrected chi connectivity index (χ3v) is 2.87. The molecule has 3 nitrogen and oxygen atoms in total. The number of benzene rings is 2. The van der Waals surface area contributed by atoms with Crippen LogP contribution in [0.4, 0.5) is 21.5 Å². The summed E-state index contributed by atoms with van der Waals surface area (Å²) in [7, 11) is 0. The largest absolute Gasteiger partial charge is 0.399 e. The minimum atomic E-state index is -0.271. The van der Waals surface area contributed by atoms with Crippen LogP contribution in [-0.4, -0.2) is 4.98 Å². The average molecular weight is 253 g/mol. The lowest BCUT2D eigenvalue weighted by atomic mass is 10.1. The molecule has 1 aromatic heterocycles. The second kappa shape index (κ2) is 4.57. The Hall–Kier alpha value is -2.62. The monoisotopic (exact) mass is 253 g/mol. The lowest BCUT2D eigenvalue weighted by Gasteiger charge is -2.09. The highest BCUT2D eigenvalue weighted by molar-refractivity contribution is 5.94. The van der Waals surface area contributed by atoms with Gasteiger partial charge in [-0.05, 0) is 42.5 Å². The van der Waals surface area contributed by atoms with Crippen molar-refractivity contribution in [3.05, 3.63) is 60.5 Å². The van der Waals surface area contributed by atoms with Gasteiger partial charge in [-0.2, -0.15) is 0 Å². The molecule has 3 rings (SSSR count). The lowest BCUT2D eigenvalue weighted by Crippen LogP contribution is -1.94. The normalized spacial score (nSPS) is 10.6. The van der Waals surface area contributed by atoms with Gasteiger partial charge in [0.25, 0.3) is 0 Å². The Morgan fingerprint density at radius 3 is 2.79 bits per heavy atom. The van der Waals surface area contributed by atoms with Crippen LogP contribution in [-0.2, 0) is 0 Å². The Balaban J connectivity index is 2.06. The summed E-state index contributed by atoms with van der Waals surface area (Å²) in [5.74, 6) is -0.271. The standard InChI is InChI=1S/C15H12FN3/c16-10-2-1-3-12(8-10)19-14-6-7-18-15-9-11(17)4-5-13(14)15/h1-9H,17H2,(H,18,19). The summed E-state index contributed by atoms with van der Waals surface area (Å²) in [6.45, 7) is 0. The highest BCUT2D eigenvalue weighted by atomic mass is 19.1. The highest BCUT2D eigenvalue weighted by Gasteiger charge is 2.03.